The van der Waals surface area contributed by atoms with Gasteiger partial charge >= 0.3 is 0 Å². The first-order valence-corrected chi connectivity index (χ1v) is 6.78. The van der Waals surface area contributed by atoms with E-state index in [1.165, 1.54) is 17.5 Å². The summed E-state index contributed by atoms with van der Waals surface area (Å²) < 4.78 is 5.69. The van der Waals surface area contributed by atoms with Crippen molar-refractivity contribution in [3.05, 3.63) is 24.3 Å². The fourth-order valence-electron chi connectivity index (χ4n) is 1.26. The number of hydrogen-bond acceptors (Lipinski definition) is 4. The van der Waals surface area contributed by atoms with Crippen LogP contribution >= 0.6 is 23.3 Å². The molecule has 1 heterocycles. The van der Waals surface area contributed by atoms with E-state index in [1.54, 1.807) is 23.3 Å². The first-order valence-electron chi connectivity index (χ1n) is 5.15. The van der Waals surface area contributed by atoms with Gasteiger partial charge in [-0.3, -0.25) is 4.72 Å². The molecule has 0 amide bonds. The van der Waals surface area contributed by atoms with Crippen LogP contribution in [0.1, 0.15) is 19.8 Å². The molecule has 0 aliphatic heterocycles. The van der Waals surface area contributed by atoms with Gasteiger partial charge in [0.2, 0.25) is 0 Å². The Hall–Kier alpha value is -0.660. The summed E-state index contributed by atoms with van der Waals surface area (Å²) in [6.07, 6.45) is 2.45. The van der Waals surface area contributed by atoms with Crippen LogP contribution in [0, 0.1) is 0 Å². The molecule has 0 saturated carbocycles. The third kappa shape index (κ3) is 4.61. The number of para-hydroxylation sites is 1. The van der Waals surface area contributed by atoms with E-state index in [-0.39, 0.29) is 11.0 Å². The SMILES string of the molecule is CCCCNSc1nc2ccccc2s1.O.O. The maximum atomic E-state index is 4.53. The fraction of sp³-hybridized carbons (Fsp3) is 0.364. The van der Waals surface area contributed by atoms with Crippen LogP contribution in [-0.2, 0) is 0 Å². The summed E-state index contributed by atoms with van der Waals surface area (Å²) in [5, 5.41) is 0. The van der Waals surface area contributed by atoms with Crippen molar-refractivity contribution >= 4 is 33.5 Å². The number of thiazole rings is 1. The standard InChI is InChI=1S/C11H14N2S2.2H2O/c1-2-3-8-12-15-11-13-9-6-4-5-7-10(9)14-11;;/h4-7,12H,2-3,8H2,1H3;2*1H2. The number of benzene rings is 1. The first kappa shape index (κ1) is 16.3. The third-order valence-corrected chi connectivity index (χ3v) is 4.01. The summed E-state index contributed by atoms with van der Waals surface area (Å²) in [7, 11) is 0. The number of nitrogens with zero attached hydrogens (tertiary/aromatic N) is 1. The van der Waals surface area contributed by atoms with Crippen molar-refractivity contribution < 1.29 is 11.0 Å². The normalized spacial score (nSPS) is 9.71. The minimum absolute atomic E-state index is 0. The summed E-state index contributed by atoms with van der Waals surface area (Å²) in [6, 6.07) is 8.26. The zero-order valence-corrected chi connectivity index (χ0v) is 11.3. The van der Waals surface area contributed by atoms with Crippen LogP contribution in [0.5, 0.6) is 0 Å². The Balaban J connectivity index is 0.00000128. The molecule has 96 valence electrons. The second kappa shape index (κ2) is 8.43. The number of nitrogens with one attached hydrogen (secondary N) is 1. The van der Waals surface area contributed by atoms with Crippen molar-refractivity contribution in [3.8, 4) is 0 Å². The Morgan fingerprint density at radius 1 is 1.29 bits per heavy atom. The Morgan fingerprint density at radius 3 is 2.76 bits per heavy atom. The maximum Gasteiger partial charge on any atom is 0.166 e. The summed E-state index contributed by atoms with van der Waals surface area (Å²) >= 11 is 3.39. The number of aromatic nitrogens is 1. The van der Waals surface area contributed by atoms with E-state index < -0.39 is 0 Å². The lowest BCUT2D eigenvalue weighted by atomic mass is 10.3. The molecule has 0 atom stereocenters. The van der Waals surface area contributed by atoms with Gasteiger partial charge in [-0.1, -0.05) is 25.5 Å². The summed E-state index contributed by atoms with van der Waals surface area (Å²) in [6.45, 7) is 3.25. The highest BCUT2D eigenvalue weighted by molar-refractivity contribution is 7.99. The smallest absolute Gasteiger partial charge is 0.166 e. The lowest BCUT2D eigenvalue weighted by molar-refractivity contribution is 0.776. The van der Waals surface area contributed by atoms with Crippen molar-refractivity contribution in [2.75, 3.05) is 6.54 Å². The predicted molar refractivity (Wildman–Crippen MR) is 75.6 cm³/mol. The van der Waals surface area contributed by atoms with Crippen LogP contribution < -0.4 is 4.72 Å². The van der Waals surface area contributed by atoms with E-state index in [0.29, 0.717) is 0 Å². The number of rotatable bonds is 5. The second-order valence-electron chi connectivity index (χ2n) is 3.30. The molecule has 1 aromatic heterocycles. The van der Waals surface area contributed by atoms with E-state index in [9.17, 15) is 0 Å². The van der Waals surface area contributed by atoms with Crippen LogP contribution in [0.4, 0.5) is 0 Å². The molecular formula is C11H18N2O2S2. The molecule has 0 saturated heterocycles. The van der Waals surface area contributed by atoms with E-state index in [0.717, 1.165) is 16.4 Å². The highest BCUT2D eigenvalue weighted by atomic mass is 32.2. The third-order valence-electron chi connectivity index (χ3n) is 2.07. The Kier molecular flexibility index (Phi) is 8.11. The maximum absolute atomic E-state index is 4.53. The molecule has 5 N–H and O–H groups in total. The van der Waals surface area contributed by atoms with Crippen LogP contribution in [0.15, 0.2) is 28.6 Å². The van der Waals surface area contributed by atoms with Gasteiger partial charge in [0, 0.05) is 6.54 Å². The molecule has 0 radical (unpaired) electrons. The van der Waals surface area contributed by atoms with E-state index >= 15 is 0 Å². The van der Waals surface area contributed by atoms with Gasteiger partial charge in [-0.25, -0.2) is 4.98 Å². The van der Waals surface area contributed by atoms with Crippen LogP contribution in [-0.4, -0.2) is 22.5 Å². The molecular weight excluding hydrogens is 256 g/mol. The molecule has 2 rings (SSSR count). The van der Waals surface area contributed by atoms with Crippen molar-refractivity contribution in [3.63, 3.8) is 0 Å². The molecule has 0 aliphatic carbocycles. The second-order valence-corrected chi connectivity index (χ2v) is 5.47. The molecule has 0 fully saturated rings. The average Bonchev–Trinajstić information content (AvgIpc) is 2.67. The number of fused-ring (bicyclic) bond motifs is 1. The lowest BCUT2D eigenvalue weighted by Crippen LogP contribution is -2.03. The minimum Gasteiger partial charge on any atom is -0.412 e. The molecule has 0 bridgehead atoms. The fourth-order valence-corrected chi connectivity index (χ4v) is 3.08. The van der Waals surface area contributed by atoms with Gasteiger partial charge in [-0.05, 0) is 30.5 Å². The Morgan fingerprint density at radius 2 is 2.06 bits per heavy atom. The first-order chi connectivity index (χ1) is 7.40. The summed E-state index contributed by atoms with van der Waals surface area (Å²) in [5.74, 6) is 0. The molecule has 17 heavy (non-hydrogen) atoms. The zero-order valence-electron chi connectivity index (χ0n) is 9.69. The van der Waals surface area contributed by atoms with E-state index in [4.69, 9.17) is 0 Å². The van der Waals surface area contributed by atoms with E-state index in [1.807, 2.05) is 6.07 Å². The van der Waals surface area contributed by atoms with Gasteiger partial charge in [-0.15, -0.1) is 11.3 Å². The van der Waals surface area contributed by atoms with Crippen LogP contribution in [0.25, 0.3) is 10.2 Å². The monoisotopic (exact) mass is 274 g/mol. The molecule has 1 aromatic carbocycles. The van der Waals surface area contributed by atoms with Gasteiger partial charge in [0.25, 0.3) is 0 Å². The zero-order chi connectivity index (χ0) is 10.5. The molecule has 0 unspecified atom stereocenters. The van der Waals surface area contributed by atoms with Gasteiger partial charge in [0.15, 0.2) is 4.34 Å². The summed E-state index contributed by atoms with van der Waals surface area (Å²) in [5.41, 5.74) is 1.10. The Labute approximate surface area is 109 Å². The molecule has 6 heteroatoms. The summed E-state index contributed by atoms with van der Waals surface area (Å²) in [4.78, 5) is 4.53. The van der Waals surface area contributed by atoms with Crippen LogP contribution in [0.3, 0.4) is 0 Å². The number of hydrogen-bond donors (Lipinski definition) is 1. The number of unbranched alkanes of at least 4 members (excludes halogenated alkanes) is 1. The quantitative estimate of drug-likeness (QED) is 0.668. The van der Waals surface area contributed by atoms with Crippen molar-refractivity contribution in [1.29, 1.82) is 0 Å². The van der Waals surface area contributed by atoms with Gasteiger partial charge < -0.3 is 11.0 Å². The minimum atomic E-state index is 0. The van der Waals surface area contributed by atoms with Gasteiger partial charge in [0.05, 0.1) is 10.2 Å². The van der Waals surface area contributed by atoms with Gasteiger partial charge in [0.1, 0.15) is 0 Å². The van der Waals surface area contributed by atoms with Crippen molar-refractivity contribution in [2.24, 2.45) is 0 Å². The highest BCUT2D eigenvalue weighted by Crippen LogP contribution is 2.27. The topological polar surface area (TPSA) is 87.9 Å². The van der Waals surface area contributed by atoms with Crippen molar-refractivity contribution in [1.82, 2.24) is 9.71 Å². The highest BCUT2D eigenvalue weighted by Gasteiger charge is 2.02. The molecule has 2 aromatic rings. The Bertz CT molecular complexity index is 401. The lowest BCUT2D eigenvalue weighted by Gasteiger charge is -1.97. The van der Waals surface area contributed by atoms with E-state index in [2.05, 4.69) is 34.8 Å². The molecule has 0 aliphatic rings. The largest absolute Gasteiger partial charge is 0.412 e. The van der Waals surface area contributed by atoms with Gasteiger partial charge in [-0.2, -0.15) is 0 Å². The van der Waals surface area contributed by atoms with Crippen LogP contribution in [0.2, 0.25) is 0 Å². The average molecular weight is 274 g/mol. The molecule has 0 spiro atoms. The predicted octanol–water partition coefficient (Wildman–Crippen LogP) is 2.04. The van der Waals surface area contributed by atoms with Crippen molar-refractivity contribution in [2.45, 2.75) is 24.1 Å². The molecule has 4 nitrogen and oxygen atoms in total.